The van der Waals surface area contributed by atoms with Gasteiger partial charge in [0, 0.05) is 6.54 Å². The first kappa shape index (κ1) is 15.5. The predicted molar refractivity (Wildman–Crippen MR) is 86.0 cm³/mol. The summed E-state index contributed by atoms with van der Waals surface area (Å²) in [4.78, 5) is 12.2. The minimum absolute atomic E-state index is 0.224. The molecule has 0 aromatic heterocycles. The summed E-state index contributed by atoms with van der Waals surface area (Å²) in [5, 5.41) is 2.34. The first-order chi connectivity index (χ1) is 9.90. The maximum Gasteiger partial charge on any atom is 0.311 e. The van der Waals surface area contributed by atoms with Gasteiger partial charge in [-0.25, -0.2) is 0 Å². The van der Waals surface area contributed by atoms with E-state index in [9.17, 15) is 4.79 Å². The van der Waals surface area contributed by atoms with E-state index in [1.54, 1.807) is 0 Å². The highest BCUT2D eigenvalue weighted by molar-refractivity contribution is 5.86. The molecule has 0 bridgehead atoms. The number of benzene rings is 2. The Morgan fingerprint density at radius 3 is 2.48 bits per heavy atom. The van der Waals surface area contributed by atoms with Gasteiger partial charge >= 0.3 is 5.97 Å². The number of fused-ring (bicyclic) bond motifs is 1. The first-order valence-electron chi connectivity index (χ1n) is 7.30. The average Bonchev–Trinajstić information content (AvgIpc) is 2.42. The monoisotopic (exact) mass is 285 g/mol. The summed E-state index contributed by atoms with van der Waals surface area (Å²) in [6.07, 6.45) is 0.604. The van der Waals surface area contributed by atoms with Crippen molar-refractivity contribution >= 4 is 16.7 Å². The quantitative estimate of drug-likeness (QED) is 0.877. The predicted octanol–water partition coefficient (Wildman–Crippen LogP) is 3.30. The lowest BCUT2D eigenvalue weighted by Crippen LogP contribution is -2.33. The molecule has 112 valence electrons. The third kappa shape index (κ3) is 4.05. The SMILES string of the molecule is CC(C)(C)OC(=O)C(CN)Cc1cccc2ccccc12. The zero-order chi connectivity index (χ0) is 15.5. The number of esters is 1. The Morgan fingerprint density at radius 2 is 1.81 bits per heavy atom. The summed E-state index contributed by atoms with van der Waals surface area (Å²) in [5.74, 6) is -0.534. The van der Waals surface area contributed by atoms with E-state index in [4.69, 9.17) is 10.5 Å². The molecule has 0 saturated heterocycles. The van der Waals surface area contributed by atoms with E-state index in [-0.39, 0.29) is 18.4 Å². The number of hydrogen-bond donors (Lipinski definition) is 1. The van der Waals surface area contributed by atoms with Crippen molar-refractivity contribution in [1.82, 2.24) is 0 Å². The molecule has 1 atom stereocenters. The van der Waals surface area contributed by atoms with Crippen molar-refractivity contribution in [2.24, 2.45) is 11.7 Å². The Bertz CT molecular complexity index is 623. The molecule has 0 fully saturated rings. The van der Waals surface area contributed by atoms with Crippen LogP contribution in [0.2, 0.25) is 0 Å². The van der Waals surface area contributed by atoms with Gasteiger partial charge in [0.1, 0.15) is 5.60 Å². The zero-order valence-corrected chi connectivity index (χ0v) is 12.9. The van der Waals surface area contributed by atoms with Crippen LogP contribution in [0.5, 0.6) is 0 Å². The average molecular weight is 285 g/mol. The molecule has 2 aromatic rings. The molecule has 0 radical (unpaired) electrons. The topological polar surface area (TPSA) is 52.3 Å². The van der Waals surface area contributed by atoms with Crippen molar-refractivity contribution in [3.05, 3.63) is 48.0 Å². The van der Waals surface area contributed by atoms with E-state index in [0.29, 0.717) is 6.42 Å². The molecule has 0 aliphatic carbocycles. The molecule has 0 aliphatic heterocycles. The molecular weight excluding hydrogens is 262 g/mol. The second kappa shape index (κ2) is 6.27. The fourth-order valence-corrected chi connectivity index (χ4v) is 2.38. The minimum atomic E-state index is -0.483. The highest BCUT2D eigenvalue weighted by Crippen LogP contribution is 2.22. The van der Waals surface area contributed by atoms with E-state index >= 15 is 0 Å². The summed E-state index contributed by atoms with van der Waals surface area (Å²) in [6, 6.07) is 14.3. The largest absolute Gasteiger partial charge is 0.460 e. The molecule has 2 rings (SSSR count). The number of hydrogen-bond acceptors (Lipinski definition) is 3. The number of rotatable bonds is 4. The fraction of sp³-hybridized carbons (Fsp3) is 0.389. The van der Waals surface area contributed by atoms with Crippen LogP contribution in [0.3, 0.4) is 0 Å². The lowest BCUT2D eigenvalue weighted by Gasteiger charge is -2.23. The number of ether oxygens (including phenoxy) is 1. The van der Waals surface area contributed by atoms with Crippen LogP contribution in [0.1, 0.15) is 26.3 Å². The van der Waals surface area contributed by atoms with E-state index in [1.165, 1.54) is 10.8 Å². The van der Waals surface area contributed by atoms with Crippen molar-refractivity contribution in [1.29, 1.82) is 0 Å². The van der Waals surface area contributed by atoms with Crippen molar-refractivity contribution in [3.8, 4) is 0 Å². The van der Waals surface area contributed by atoms with Crippen LogP contribution in [-0.2, 0) is 16.0 Å². The van der Waals surface area contributed by atoms with Crippen LogP contribution < -0.4 is 5.73 Å². The summed E-state index contributed by atoms with van der Waals surface area (Å²) in [5.41, 5.74) is 6.43. The molecule has 2 aromatic carbocycles. The van der Waals surface area contributed by atoms with Gasteiger partial charge in [-0.2, -0.15) is 0 Å². The Balaban J connectivity index is 2.23. The van der Waals surface area contributed by atoms with E-state index in [1.807, 2.05) is 39.0 Å². The Morgan fingerprint density at radius 1 is 1.14 bits per heavy atom. The van der Waals surface area contributed by atoms with E-state index < -0.39 is 5.60 Å². The lowest BCUT2D eigenvalue weighted by molar-refractivity contribution is -0.159. The van der Waals surface area contributed by atoms with Crippen molar-refractivity contribution in [2.45, 2.75) is 32.8 Å². The highest BCUT2D eigenvalue weighted by Gasteiger charge is 2.24. The van der Waals surface area contributed by atoms with Crippen LogP contribution in [0.4, 0.5) is 0 Å². The third-order valence-corrected chi connectivity index (χ3v) is 3.37. The molecule has 0 spiro atoms. The lowest BCUT2D eigenvalue weighted by atomic mass is 9.94. The van der Waals surface area contributed by atoms with Gasteiger partial charge in [-0.3, -0.25) is 4.79 Å². The molecular formula is C18H23NO2. The molecule has 0 aliphatic rings. The van der Waals surface area contributed by atoms with Gasteiger partial charge < -0.3 is 10.5 Å². The smallest absolute Gasteiger partial charge is 0.311 e. The minimum Gasteiger partial charge on any atom is -0.460 e. The molecule has 21 heavy (non-hydrogen) atoms. The fourth-order valence-electron chi connectivity index (χ4n) is 2.38. The summed E-state index contributed by atoms with van der Waals surface area (Å²) in [6.45, 7) is 5.90. The van der Waals surface area contributed by atoms with Crippen LogP contribution in [0.25, 0.3) is 10.8 Å². The Hall–Kier alpha value is -1.87. The Labute approximate surface area is 126 Å². The van der Waals surface area contributed by atoms with Gasteiger partial charge in [-0.1, -0.05) is 42.5 Å². The molecule has 2 N–H and O–H groups in total. The van der Waals surface area contributed by atoms with Crippen molar-refractivity contribution in [2.75, 3.05) is 6.54 Å². The number of carbonyl (C=O) groups is 1. The maximum atomic E-state index is 12.2. The Kier molecular flexibility index (Phi) is 4.63. The van der Waals surface area contributed by atoms with Gasteiger partial charge in [0.25, 0.3) is 0 Å². The standard InChI is InChI=1S/C18H23NO2/c1-18(2,3)21-17(20)15(12-19)11-14-9-6-8-13-7-4-5-10-16(13)14/h4-10,15H,11-12,19H2,1-3H3. The molecule has 3 nitrogen and oxygen atoms in total. The summed E-state index contributed by atoms with van der Waals surface area (Å²) in [7, 11) is 0. The second-order valence-electron chi connectivity index (χ2n) is 6.31. The van der Waals surface area contributed by atoms with E-state index in [2.05, 4.69) is 24.3 Å². The number of carbonyl (C=O) groups excluding carboxylic acids is 1. The second-order valence-corrected chi connectivity index (χ2v) is 6.31. The first-order valence-corrected chi connectivity index (χ1v) is 7.30. The van der Waals surface area contributed by atoms with Crippen LogP contribution >= 0.6 is 0 Å². The van der Waals surface area contributed by atoms with Crippen LogP contribution in [0.15, 0.2) is 42.5 Å². The third-order valence-electron chi connectivity index (χ3n) is 3.37. The van der Waals surface area contributed by atoms with Crippen LogP contribution in [-0.4, -0.2) is 18.1 Å². The maximum absolute atomic E-state index is 12.2. The van der Waals surface area contributed by atoms with Gasteiger partial charge in [0.05, 0.1) is 5.92 Å². The summed E-state index contributed by atoms with van der Waals surface area (Å²) < 4.78 is 5.46. The van der Waals surface area contributed by atoms with E-state index in [0.717, 1.165) is 5.56 Å². The molecule has 1 unspecified atom stereocenters. The molecule has 0 heterocycles. The molecule has 3 heteroatoms. The van der Waals surface area contributed by atoms with Gasteiger partial charge in [-0.05, 0) is 43.5 Å². The van der Waals surface area contributed by atoms with Gasteiger partial charge in [0.2, 0.25) is 0 Å². The molecule has 0 amide bonds. The zero-order valence-electron chi connectivity index (χ0n) is 12.9. The molecule has 0 saturated carbocycles. The van der Waals surface area contributed by atoms with Crippen LogP contribution in [0, 0.1) is 5.92 Å². The normalized spacial score (nSPS) is 13.1. The van der Waals surface area contributed by atoms with Crippen molar-refractivity contribution in [3.63, 3.8) is 0 Å². The summed E-state index contributed by atoms with van der Waals surface area (Å²) >= 11 is 0. The van der Waals surface area contributed by atoms with Gasteiger partial charge in [-0.15, -0.1) is 0 Å². The van der Waals surface area contributed by atoms with Gasteiger partial charge in [0.15, 0.2) is 0 Å². The van der Waals surface area contributed by atoms with Crippen molar-refractivity contribution < 1.29 is 9.53 Å². The highest BCUT2D eigenvalue weighted by atomic mass is 16.6. The number of nitrogens with two attached hydrogens (primary N) is 1.